The summed E-state index contributed by atoms with van der Waals surface area (Å²) >= 11 is 6.47. The number of carboxylic acids is 1. The number of piperidine rings is 1. The van der Waals surface area contributed by atoms with Crippen LogP contribution in [-0.2, 0) is 16.1 Å². The summed E-state index contributed by atoms with van der Waals surface area (Å²) in [6, 6.07) is 6.05. The molecule has 0 aromatic heterocycles. The molecule has 0 atom stereocenters. The van der Waals surface area contributed by atoms with Gasteiger partial charge in [0.15, 0.2) is 0 Å². The minimum Gasteiger partial charge on any atom is -0.481 e. The van der Waals surface area contributed by atoms with E-state index in [1.165, 1.54) is 5.69 Å². The number of carbonyl (C=O) groups is 1. The fraction of sp³-hybridized carbons (Fsp3) is 0.588. The number of nitrogens with zero attached hydrogens (tertiary/aromatic N) is 2. The second kappa shape index (κ2) is 7.51. The number of ether oxygens (including phenoxy) is 1. The fourth-order valence-corrected chi connectivity index (χ4v) is 3.60. The number of morpholine rings is 1. The van der Waals surface area contributed by atoms with Gasteiger partial charge in [-0.05, 0) is 38.1 Å². The number of halogens is 1. The molecule has 126 valence electrons. The van der Waals surface area contributed by atoms with Gasteiger partial charge in [-0.2, -0.15) is 0 Å². The van der Waals surface area contributed by atoms with Gasteiger partial charge in [-0.25, -0.2) is 0 Å². The lowest BCUT2D eigenvalue weighted by molar-refractivity contribution is -0.143. The van der Waals surface area contributed by atoms with E-state index >= 15 is 0 Å². The maximum Gasteiger partial charge on any atom is 0.306 e. The molecular weight excluding hydrogens is 316 g/mol. The molecule has 2 aliphatic heterocycles. The number of hydrogen-bond donors (Lipinski definition) is 1. The number of benzene rings is 1. The number of aliphatic carboxylic acids is 1. The van der Waals surface area contributed by atoms with E-state index in [2.05, 4.69) is 15.9 Å². The van der Waals surface area contributed by atoms with Crippen LogP contribution < -0.4 is 4.90 Å². The van der Waals surface area contributed by atoms with Crippen molar-refractivity contribution in [1.29, 1.82) is 0 Å². The highest BCUT2D eigenvalue weighted by molar-refractivity contribution is 6.31. The Morgan fingerprint density at radius 2 is 1.91 bits per heavy atom. The molecule has 5 nitrogen and oxygen atoms in total. The Kier molecular flexibility index (Phi) is 5.41. The molecule has 1 N–H and O–H groups in total. The molecule has 3 rings (SSSR count). The zero-order valence-corrected chi connectivity index (χ0v) is 14.0. The molecule has 1 aromatic rings. The Labute approximate surface area is 141 Å². The standard InChI is InChI=1S/C17H23ClN2O3/c18-15-2-1-3-16(20-8-10-23-11-9-20)14(15)12-19-6-4-13(5-7-19)17(21)22/h1-3,13H,4-12H2,(H,21,22). The van der Waals surface area contributed by atoms with Crippen molar-refractivity contribution >= 4 is 23.3 Å². The molecule has 0 saturated carbocycles. The predicted octanol–water partition coefficient (Wildman–Crippen LogP) is 2.47. The van der Waals surface area contributed by atoms with Crippen molar-refractivity contribution < 1.29 is 14.6 Å². The van der Waals surface area contributed by atoms with Crippen LogP contribution in [-0.4, -0.2) is 55.4 Å². The van der Waals surface area contributed by atoms with Gasteiger partial charge in [0.2, 0.25) is 0 Å². The topological polar surface area (TPSA) is 53.0 Å². The molecule has 0 unspecified atom stereocenters. The zero-order chi connectivity index (χ0) is 16.2. The van der Waals surface area contributed by atoms with Crippen molar-refractivity contribution in [3.8, 4) is 0 Å². The van der Waals surface area contributed by atoms with E-state index in [1.807, 2.05) is 12.1 Å². The van der Waals surface area contributed by atoms with Crippen LogP contribution in [0.2, 0.25) is 5.02 Å². The maximum atomic E-state index is 11.1. The van der Waals surface area contributed by atoms with E-state index in [-0.39, 0.29) is 5.92 Å². The molecule has 23 heavy (non-hydrogen) atoms. The van der Waals surface area contributed by atoms with Crippen molar-refractivity contribution in [2.45, 2.75) is 19.4 Å². The van der Waals surface area contributed by atoms with Gasteiger partial charge in [0.1, 0.15) is 0 Å². The first-order valence-electron chi connectivity index (χ1n) is 8.20. The SMILES string of the molecule is O=C(O)C1CCN(Cc2c(Cl)cccc2N2CCOCC2)CC1. The number of anilines is 1. The summed E-state index contributed by atoms with van der Waals surface area (Å²) < 4.78 is 5.43. The van der Waals surface area contributed by atoms with Gasteiger partial charge in [-0.15, -0.1) is 0 Å². The van der Waals surface area contributed by atoms with E-state index in [0.717, 1.165) is 56.5 Å². The second-order valence-electron chi connectivity index (χ2n) is 6.23. The third kappa shape index (κ3) is 3.97. The molecule has 6 heteroatoms. The van der Waals surface area contributed by atoms with Gasteiger partial charge in [0.25, 0.3) is 0 Å². The first-order valence-corrected chi connectivity index (χ1v) is 8.58. The monoisotopic (exact) mass is 338 g/mol. The Morgan fingerprint density at radius 3 is 2.57 bits per heavy atom. The summed E-state index contributed by atoms with van der Waals surface area (Å²) in [4.78, 5) is 15.7. The van der Waals surface area contributed by atoms with Crippen LogP contribution in [0, 0.1) is 5.92 Å². The van der Waals surface area contributed by atoms with E-state index < -0.39 is 5.97 Å². The van der Waals surface area contributed by atoms with Crippen LogP contribution in [0.1, 0.15) is 18.4 Å². The van der Waals surface area contributed by atoms with Crippen molar-refractivity contribution in [1.82, 2.24) is 4.90 Å². The molecule has 0 radical (unpaired) electrons. The number of rotatable bonds is 4. The summed E-state index contributed by atoms with van der Waals surface area (Å²) in [6.45, 7) is 5.66. The lowest BCUT2D eigenvalue weighted by Crippen LogP contribution is -2.38. The van der Waals surface area contributed by atoms with Crippen LogP contribution in [0.25, 0.3) is 0 Å². The molecule has 0 bridgehead atoms. The summed E-state index contributed by atoms with van der Waals surface area (Å²) in [6.07, 6.45) is 1.43. The number of carboxylic acid groups (broad SMARTS) is 1. The van der Waals surface area contributed by atoms with Crippen LogP contribution >= 0.6 is 11.6 Å². The summed E-state index contributed by atoms with van der Waals surface area (Å²) in [5, 5.41) is 9.90. The van der Waals surface area contributed by atoms with Gasteiger partial charge < -0.3 is 14.7 Å². The van der Waals surface area contributed by atoms with Gasteiger partial charge in [-0.3, -0.25) is 9.69 Å². The minimum atomic E-state index is -0.670. The quantitative estimate of drug-likeness (QED) is 0.914. The van der Waals surface area contributed by atoms with Crippen molar-refractivity contribution in [2.24, 2.45) is 5.92 Å². The molecule has 2 saturated heterocycles. The largest absolute Gasteiger partial charge is 0.481 e. The summed E-state index contributed by atoms with van der Waals surface area (Å²) in [5.41, 5.74) is 2.32. The smallest absolute Gasteiger partial charge is 0.306 e. The molecule has 0 amide bonds. The van der Waals surface area contributed by atoms with Gasteiger partial charge >= 0.3 is 5.97 Å². The van der Waals surface area contributed by atoms with E-state index in [1.54, 1.807) is 0 Å². The Balaban J connectivity index is 1.71. The van der Waals surface area contributed by atoms with Crippen molar-refractivity contribution in [3.63, 3.8) is 0 Å². The molecule has 0 aliphatic carbocycles. The Morgan fingerprint density at radius 1 is 1.22 bits per heavy atom. The first kappa shape index (κ1) is 16.6. The van der Waals surface area contributed by atoms with E-state index in [4.69, 9.17) is 21.4 Å². The van der Waals surface area contributed by atoms with E-state index in [0.29, 0.717) is 12.8 Å². The molecular formula is C17H23ClN2O3. The van der Waals surface area contributed by atoms with Crippen LogP contribution in [0.4, 0.5) is 5.69 Å². The van der Waals surface area contributed by atoms with Crippen LogP contribution in [0.3, 0.4) is 0 Å². The molecule has 1 aromatic carbocycles. The number of hydrogen-bond acceptors (Lipinski definition) is 4. The zero-order valence-electron chi connectivity index (χ0n) is 13.2. The average Bonchev–Trinajstić information content (AvgIpc) is 2.58. The number of likely N-dealkylation sites (tertiary alicyclic amines) is 1. The molecule has 2 heterocycles. The highest BCUT2D eigenvalue weighted by atomic mass is 35.5. The third-order valence-corrected chi connectivity index (χ3v) is 5.12. The fourth-order valence-electron chi connectivity index (χ4n) is 3.37. The van der Waals surface area contributed by atoms with Gasteiger partial charge in [0.05, 0.1) is 19.1 Å². The van der Waals surface area contributed by atoms with Crippen molar-refractivity contribution in [3.05, 3.63) is 28.8 Å². The summed E-state index contributed by atoms with van der Waals surface area (Å²) in [7, 11) is 0. The van der Waals surface area contributed by atoms with Crippen molar-refractivity contribution in [2.75, 3.05) is 44.3 Å². The summed E-state index contributed by atoms with van der Waals surface area (Å²) in [5.74, 6) is -0.868. The van der Waals surface area contributed by atoms with Gasteiger partial charge in [-0.1, -0.05) is 17.7 Å². The highest BCUT2D eigenvalue weighted by Crippen LogP contribution is 2.31. The molecule has 0 spiro atoms. The lowest BCUT2D eigenvalue weighted by Gasteiger charge is -2.34. The Bertz CT molecular complexity index is 553. The van der Waals surface area contributed by atoms with E-state index in [9.17, 15) is 4.79 Å². The minimum absolute atomic E-state index is 0.198. The maximum absolute atomic E-state index is 11.1. The first-order chi connectivity index (χ1) is 11.1. The van der Waals surface area contributed by atoms with Crippen LogP contribution in [0.15, 0.2) is 18.2 Å². The third-order valence-electron chi connectivity index (χ3n) is 4.76. The normalized spacial score (nSPS) is 20.7. The molecule has 2 fully saturated rings. The molecule has 2 aliphatic rings. The lowest BCUT2D eigenvalue weighted by atomic mass is 9.96. The second-order valence-corrected chi connectivity index (χ2v) is 6.63. The van der Waals surface area contributed by atoms with Gasteiger partial charge in [0, 0.05) is 35.9 Å². The average molecular weight is 339 g/mol. The highest BCUT2D eigenvalue weighted by Gasteiger charge is 2.26. The van der Waals surface area contributed by atoms with Crippen LogP contribution in [0.5, 0.6) is 0 Å². The Hall–Kier alpha value is -1.30. The predicted molar refractivity (Wildman–Crippen MR) is 90.1 cm³/mol.